The van der Waals surface area contributed by atoms with Gasteiger partial charge in [-0.3, -0.25) is 5.43 Å². The van der Waals surface area contributed by atoms with E-state index in [1.165, 1.54) is 4.90 Å². The summed E-state index contributed by atoms with van der Waals surface area (Å²) in [6, 6.07) is 8.16. The van der Waals surface area contributed by atoms with Crippen molar-refractivity contribution in [1.82, 2.24) is 5.32 Å². The van der Waals surface area contributed by atoms with E-state index in [1.54, 1.807) is 11.8 Å². The SMILES string of the molecule is CC(C)(C)NC1=NNc2ccccc2S1. The van der Waals surface area contributed by atoms with Crippen molar-refractivity contribution in [1.29, 1.82) is 0 Å². The highest BCUT2D eigenvalue weighted by Gasteiger charge is 2.17. The fourth-order valence-electron chi connectivity index (χ4n) is 1.26. The van der Waals surface area contributed by atoms with Crippen molar-refractivity contribution >= 4 is 22.6 Å². The molecule has 1 aromatic rings. The molecule has 1 aliphatic rings. The molecule has 0 radical (unpaired) electrons. The van der Waals surface area contributed by atoms with Gasteiger partial charge in [0.2, 0.25) is 0 Å². The van der Waals surface area contributed by atoms with Gasteiger partial charge in [0.1, 0.15) is 0 Å². The zero-order valence-corrected chi connectivity index (χ0v) is 9.98. The largest absolute Gasteiger partial charge is 0.358 e. The van der Waals surface area contributed by atoms with Gasteiger partial charge in [0.15, 0.2) is 5.17 Å². The molecule has 1 aliphatic heterocycles. The van der Waals surface area contributed by atoms with Gasteiger partial charge in [0.25, 0.3) is 0 Å². The monoisotopic (exact) mass is 221 g/mol. The third-order valence-corrected chi connectivity index (χ3v) is 2.82. The number of hydrazone groups is 1. The Morgan fingerprint density at radius 3 is 2.73 bits per heavy atom. The van der Waals surface area contributed by atoms with Crippen LogP contribution in [0.3, 0.4) is 0 Å². The molecular weight excluding hydrogens is 206 g/mol. The molecule has 0 aliphatic carbocycles. The molecule has 0 atom stereocenters. The normalized spacial score (nSPS) is 15.0. The number of fused-ring (bicyclic) bond motifs is 1. The van der Waals surface area contributed by atoms with Gasteiger partial charge in [-0.15, -0.1) is 5.10 Å². The maximum absolute atomic E-state index is 4.27. The quantitative estimate of drug-likeness (QED) is 0.707. The highest BCUT2D eigenvalue weighted by molar-refractivity contribution is 8.14. The minimum absolute atomic E-state index is 0.0415. The average Bonchev–Trinajstić information content (AvgIpc) is 2.15. The van der Waals surface area contributed by atoms with E-state index >= 15 is 0 Å². The summed E-state index contributed by atoms with van der Waals surface area (Å²) < 4.78 is 0. The van der Waals surface area contributed by atoms with E-state index in [4.69, 9.17) is 0 Å². The van der Waals surface area contributed by atoms with Gasteiger partial charge in [-0.05, 0) is 44.7 Å². The second kappa shape index (κ2) is 3.77. The minimum Gasteiger partial charge on any atom is -0.358 e. The van der Waals surface area contributed by atoms with Crippen LogP contribution < -0.4 is 10.7 Å². The molecule has 80 valence electrons. The van der Waals surface area contributed by atoms with Gasteiger partial charge in [-0.1, -0.05) is 12.1 Å². The van der Waals surface area contributed by atoms with Crippen LogP contribution in [0, 0.1) is 0 Å². The Hall–Kier alpha value is -1.16. The highest BCUT2D eigenvalue weighted by atomic mass is 32.2. The van der Waals surface area contributed by atoms with Gasteiger partial charge in [-0.25, -0.2) is 0 Å². The summed E-state index contributed by atoms with van der Waals surface area (Å²) in [6.45, 7) is 6.36. The second-order valence-electron chi connectivity index (χ2n) is 4.50. The summed E-state index contributed by atoms with van der Waals surface area (Å²) in [4.78, 5) is 1.21. The second-order valence-corrected chi connectivity index (χ2v) is 5.53. The maximum Gasteiger partial charge on any atom is 0.186 e. The first kappa shape index (κ1) is 10.4. The Balaban J connectivity index is 2.13. The number of hydrogen-bond donors (Lipinski definition) is 2. The van der Waals surface area contributed by atoms with Crippen LogP contribution in [0.15, 0.2) is 34.3 Å². The lowest BCUT2D eigenvalue weighted by atomic mass is 10.1. The molecule has 1 heterocycles. The number of rotatable bonds is 0. The summed E-state index contributed by atoms with van der Waals surface area (Å²) in [5, 5.41) is 8.54. The van der Waals surface area contributed by atoms with E-state index in [0.29, 0.717) is 0 Å². The van der Waals surface area contributed by atoms with E-state index in [9.17, 15) is 0 Å². The molecule has 0 saturated carbocycles. The van der Waals surface area contributed by atoms with Gasteiger partial charge >= 0.3 is 0 Å². The third kappa shape index (κ3) is 2.65. The number of anilines is 1. The summed E-state index contributed by atoms with van der Waals surface area (Å²) in [7, 11) is 0. The first-order valence-electron chi connectivity index (χ1n) is 4.93. The van der Waals surface area contributed by atoms with Crippen molar-refractivity contribution in [3.63, 3.8) is 0 Å². The predicted octanol–water partition coefficient (Wildman–Crippen LogP) is 2.86. The number of hydrogen-bond acceptors (Lipinski definition) is 4. The fourth-order valence-corrected chi connectivity index (χ4v) is 2.29. The van der Waals surface area contributed by atoms with Crippen LogP contribution in [-0.4, -0.2) is 10.7 Å². The molecule has 0 aromatic heterocycles. The molecule has 4 heteroatoms. The molecule has 3 nitrogen and oxygen atoms in total. The number of thioether (sulfide) groups is 1. The Morgan fingerprint density at radius 1 is 1.27 bits per heavy atom. The van der Waals surface area contributed by atoms with Gasteiger partial charge < -0.3 is 5.32 Å². The Kier molecular flexibility index (Phi) is 2.61. The third-order valence-electron chi connectivity index (χ3n) is 1.85. The molecule has 15 heavy (non-hydrogen) atoms. The Morgan fingerprint density at radius 2 is 2.00 bits per heavy atom. The zero-order chi connectivity index (χ0) is 10.9. The highest BCUT2D eigenvalue weighted by Crippen LogP contribution is 2.31. The molecule has 0 spiro atoms. The van der Waals surface area contributed by atoms with Crippen LogP contribution in [0.25, 0.3) is 0 Å². The van der Waals surface area contributed by atoms with E-state index in [1.807, 2.05) is 18.2 Å². The topological polar surface area (TPSA) is 36.4 Å². The van der Waals surface area contributed by atoms with Crippen LogP contribution in [-0.2, 0) is 0 Å². The van der Waals surface area contributed by atoms with Crippen LogP contribution in [0.1, 0.15) is 20.8 Å². The van der Waals surface area contributed by atoms with Gasteiger partial charge in [-0.2, -0.15) is 0 Å². The molecule has 0 fully saturated rings. The van der Waals surface area contributed by atoms with Crippen LogP contribution in [0.4, 0.5) is 5.69 Å². The zero-order valence-electron chi connectivity index (χ0n) is 9.16. The molecule has 2 rings (SSSR count). The summed E-state index contributed by atoms with van der Waals surface area (Å²) in [5.41, 5.74) is 4.15. The van der Waals surface area contributed by atoms with Gasteiger partial charge in [0.05, 0.1) is 5.69 Å². The van der Waals surface area contributed by atoms with Crippen molar-refractivity contribution in [2.45, 2.75) is 31.2 Å². The van der Waals surface area contributed by atoms with Crippen molar-refractivity contribution in [2.24, 2.45) is 5.10 Å². The number of nitrogens with zero attached hydrogens (tertiary/aromatic N) is 1. The minimum atomic E-state index is 0.0415. The predicted molar refractivity (Wildman–Crippen MR) is 66.2 cm³/mol. The van der Waals surface area contributed by atoms with Gasteiger partial charge in [0, 0.05) is 10.4 Å². The van der Waals surface area contributed by atoms with Crippen molar-refractivity contribution in [2.75, 3.05) is 5.43 Å². The lowest BCUT2D eigenvalue weighted by Gasteiger charge is -2.25. The van der Waals surface area contributed by atoms with E-state index in [-0.39, 0.29) is 5.54 Å². The van der Waals surface area contributed by atoms with Crippen molar-refractivity contribution in [3.8, 4) is 0 Å². The van der Waals surface area contributed by atoms with Crippen LogP contribution in [0.2, 0.25) is 0 Å². The van der Waals surface area contributed by atoms with Crippen LogP contribution in [0.5, 0.6) is 0 Å². The fraction of sp³-hybridized carbons (Fsp3) is 0.364. The Labute approximate surface area is 94.3 Å². The van der Waals surface area contributed by atoms with Crippen molar-refractivity contribution in [3.05, 3.63) is 24.3 Å². The molecule has 2 N–H and O–H groups in total. The number of para-hydroxylation sites is 1. The van der Waals surface area contributed by atoms with E-state index in [2.05, 4.69) is 42.7 Å². The molecule has 0 amide bonds. The summed E-state index contributed by atoms with van der Waals surface area (Å²) >= 11 is 1.66. The van der Waals surface area contributed by atoms with E-state index < -0.39 is 0 Å². The standard InChI is InChI=1S/C11H15N3S/c1-11(2,3)12-10-14-13-8-6-4-5-7-9(8)15-10/h4-7,13H,1-3H3,(H,12,14). The Bertz CT molecular complexity index is 393. The van der Waals surface area contributed by atoms with Crippen molar-refractivity contribution < 1.29 is 0 Å². The maximum atomic E-state index is 4.27. The summed E-state index contributed by atoms with van der Waals surface area (Å²) in [5.74, 6) is 0. The molecular formula is C11H15N3S. The van der Waals surface area contributed by atoms with Crippen LogP contribution >= 0.6 is 11.8 Å². The van der Waals surface area contributed by atoms with E-state index in [0.717, 1.165) is 10.9 Å². The first-order valence-corrected chi connectivity index (χ1v) is 5.75. The average molecular weight is 221 g/mol. The molecule has 1 aromatic carbocycles. The number of amidine groups is 1. The first-order chi connectivity index (χ1) is 7.04. The molecule has 0 unspecified atom stereocenters. The molecule has 0 saturated heterocycles. The number of nitrogens with one attached hydrogen (secondary N) is 2. The lowest BCUT2D eigenvalue weighted by molar-refractivity contribution is 0.515. The molecule has 0 bridgehead atoms. The number of benzene rings is 1. The lowest BCUT2D eigenvalue weighted by Crippen LogP contribution is -2.40. The summed E-state index contributed by atoms with van der Waals surface area (Å²) in [6.07, 6.45) is 0. The smallest absolute Gasteiger partial charge is 0.186 e.